The molecule has 4 nitrogen and oxygen atoms in total. The summed E-state index contributed by atoms with van der Waals surface area (Å²) < 4.78 is 11.9. The van der Waals surface area contributed by atoms with E-state index in [-0.39, 0.29) is 5.75 Å². The molecule has 1 N–H and O–H groups in total. The first-order valence-corrected chi connectivity index (χ1v) is 8.22. The second-order valence-electron chi connectivity index (χ2n) is 6.36. The lowest BCUT2D eigenvalue weighted by Crippen LogP contribution is -2.52. The molecule has 4 heteroatoms. The van der Waals surface area contributed by atoms with Crippen LogP contribution in [0.25, 0.3) is 0 Å². The molecule has 3 saturated heterocycles. The molecular weight excluding hydrogens is 290 g/mol. The first kappa shape index (κ1) is 14.4. The van der Waals surface area contributed by atoms with Crippen molar-refractivity contribution in [3.63, 3.8) is 0 Å². The van der Waals surface area contributed by atoms with E-state index in [1.54, 1.807) is 24.3 Å². The molecule has 0 amide bonds. The van der Waals surface area contributed by atoms with E-state index in [1.807, 2.05) is 24.3 Å². The number of hydrogen-bond donors (Lipinski definition) is 1. The molecule has 2 aromatic rings. The Labute approximate surface area is 136 Å². The van der Waals surface area contributed by atoms with Crippen LogP contribution >= 0.6 is 0 Å². The smallest absolute Gasteiger partial charge is 0.127 e. The van der Waals surface area contributed by atoms with Crippen LogP contribution in [-0.2, 0) is 0 Å². The third-order valence-electron chi connectivity index (χ3n) is 4.78. The first-order valence-electron chi connectivity index (χ1n) is 8.22. The zero-order valence-electron chi connectivity index (χ0n) is 13.0. The van der Waals surface area contributed by atoms with Gasteiger partial charge in [-0.05, 0) is 80.4 Å². The molecule has 0 aliphatic carbocycles. The van der Waals surface area contributed by atoms with Gasteiger partial charge in [-0.3, -0.25) is 4.90 Å². The number of phenols is 1. The summed E-state index contributed by atoms with van der Waals surface area (Å²) in [5.41, 5.74) is 0. The van der Waals surface area contributed by atoms with Crippen LogP contribution in [0.5, 0.6) is 23.0 Å². The maximum Gasteiger partial charge on any atom is 0.127 e. The molecule has 23 heavy (non-hydrogen) atoms. The number of phenolic OH excluding ortho intramolecular Hbond substituents is 1. The molecule has 120 valence electrons. The molecule has 0 saturated carbocycles. The van der Waals surface area contributed by atoms with Crippen molar-refractivity contribution in [2.45, 2.75) is 18.9 Å². The van der Waals surface area contributed by atoms with Crippen LogP contribution in [0.1, 0.15) is 12.8 Å². The Kier molecular flexibility index (Phi) is 3.83. The van der Waals surface area contributed by atoms with Crippen LogP contribution in [-0.4, -0.2) is 35.7 Å². The minimum atomic E-state index is 0.235. The molecule has 2 bridgehead atoms. The van der Waals surface area contributed by atoms with Crippen LogP contribution in [0.2, 0.25) is 0 Å². The van der Waals surface area contributed by atoms with Gasteiger partial charge in [-0.2, -0.15) is 0 Å². The van der Waals surface area contributed by atoms with Gasteiger partial charge in [-0.1, -0.05) is 0 Å². The molecule has 0 radical (unpaired) electrons. The van der Waals surface area contributed by atoms with Crippen molar-refractivity contribution in [1.29, 1.82) is 0 Å². The van der Waals surface area contributed by atoms with E-state index in [4.69, 9.17) is 9.47 Å². The number of ether oxygens (including phenoxy) is 2. The average molecular weight is 311 g/mol. The van der Waals surface area contributed by atoms with Gasteiger partial charge in [-0.25, -0.2) is 0 Å². The minimum Gasteiger partial charge on any atom is -0.508 e. The van der Waals surface area contributed by atoms with Gasteiger partial charge in [0.25, 0.3) is 0 Å². The highest BCUT2D eigenvalue weighted by atomic mass is 16.5. The molecule has 3 heterocycles. The topological polar surface area (TPSA) is 41.9 Å². The van der Waals surface area contributed by atoms with Gasteiger partial charge in [0.1, 0.15) is 29.1 Å². The zero-order valence-corrected chi connectivity index (χ0v) is 13.0. The second-order valence-corrected chi connectivity index (χ2v) is 6.36. The lowest BCUT2D eigenvalue weighted by atomic mass is 9.86. The quantitative estimate of drug-likeness (QED) is 0.935. The summed E-state index contributed by atoms with van der Waals surface area (Å²) in [6.45, 7) is 3.50. The van der Waals surface area contributed by atoms with Crippen molar-refractivity contribution in [2.24, 2.45) is 5.92 Å². The Bertz CT molecular complexity index is 645. The molecule has 3 fully saturated rings. The first-order chi connectivity index (χ1) is 11.3. The zero-order chi connectivity index (χ0) is 15.6. The Balaban J connectivity index is 1.39. The largest absolute Gasteiger partial charge is 0.508 e. The summed E-state index contributed by atoms with van der Waals surface area (Å²) >= 11 is 0. The van der Waals surface area contributed by atoms with E-state index in [9.17, 15) is 5.11 Å². The Morgan fingerprint density at radius 1 is 0.826 bits per heavy atom. The number of rotatable bonds is 4. The van der Waals surface area contributed by atoms with E-state index >= 15 is 0 Å². The number of hydrogen-bond acceptors (Lipinski definition) is 4. The fraction of sp³-hybridized carbons (Fsp3) is 0.368. The number of piperidine rings is 3. The van der Waals surface area contributed by atoms with Gasteiger partial charge >= 0.3 is 0 Å². The Morgan fingerprint density at radius 2 is 1.39 bits per heavy atom. The van der Waals surface area contributed by atoms with Crippen molar-refractivity contribution >= 4 is 0 Å². The third kappa shape index (κ3) is 3.27. The summed E-state index contributed by atoms with van der Waals surface area (Å²) in [5, 5.41) is 9.28. The summed E-state index contributed by atoms with van der Waals surface area (Å²) in [5.74, 6) is 3.30. The van der Waals surface area contributed by atoms with Crippen LogP contribution < -0.4 is 9.47 Å². The number of aromatic hydroxyl groups is 1. The summed E-state index contributed by atoms with van der Waals surface area (Å²) in [7, 11) is 0. The normalized spacial score (nSPS) is 26.0. The number of fused-ring (bicyclic) bond motifs is 3. The van der Waals surface area contributed by atoms with Gasteiger partial charge in [0.05, 0.1) is 0 Å². The molecule has 3 aliphatic rings. The Hall–Kier alpha value is -2.20. The third-order valence-corrected chi connectivity index (χ3v) is 4.78. The van der Waals surface area contributed by atoms with Crippen LogP contribution in [0.3, 0.4) is 0 Å². The fourth-order valence-corrected chi connectivity index (χ4v) is 3.46. The molecule has 3 aliphatic heterocycles. The van der Waals surface area contributed by atoms with Gasteiger partial charge in [-0.15, -0.1) is 0 Å². The maximum absolute atomic E-state index is 9.28. The van der Waals surface area contributed by atoms with E-state index in [1.165, 1.54) is 25.9 Å². The van der Waals surface area contributed by atoms with Crippen LogP contribution in [0.4, 0.5) is 0 Å². The van der Waals surface area contributed by atoms with E-state index < -0.39 is 0 Å². The molecule has 1 atom stereocenters. The van der Waals surface area contributed by atoms with Crippen LogP contribution in [0, 0.1) is 5.92 Å². The standard InChI is InChI=1S/C19H21NO3/c21-15-1-3-16(4-2-15)22-17-5-7-18(8-6-17)23-19-13-20-11-9-14(19)10-12-20/h1-8,14,19,21H,9-13H2. The minimum absolute atomic E-state index is 0.235. The molecule has 5 rings (SSSR count). The monoisotopic (exact) mass is 311 g/mol. The number of nitrogens with zero attached hydrogens (tertiary/aromatic N) is 1. The predicted octanol–water partition coefficient (Wildman–Crippen LogP) is 3.66. The summed E-state index contributed by atoms with van der Waals surface area (Å²) in [4.78, 5) is 2.49. The van der Waals surface area contributed by atoms with Crippen molar-refractivity contribution in [3.8, 4) is 23.0 Å². The molecule has 0 spiro atoms. The van der Waals surface area contributed by atoms with E-state index in [2.05, 4.69) is 4.90 Å². The summed E-state index contributed by atoms with van der Waals surface area (Å²) in [6, 6.07) is 14.5. The van der Waals surface area contributed by atoms with Crippen LogP contribution in [0.15, 0.2) is 48.5 Å². The maximum atomic E-state index is 9.28. The lowest BCUT2D eigenvalue weighted by Gasteiger charge is -2.44. The predicted molar refractivity (Wildman–Crippen MR) is 88.2 cm³/mol. The highest BCUT2D eigenvalue weighted by molar-refractivity contribution is 5.37. The van der Waals surface area contributed by atoms with Gasteiger partial charge in [0, 0.05) is 6.54 Å². The van der Waals surface area contributed by atoms with Gasteiger partial charge in [0.15, 0.2) is 0 Å². The van der Waals surface area contributed by atoms with E-state index in [0.29, 0.717) is 17.8 Å². The SMILES string of the molecule is Oc1ccc(Oc2ccc(OC3CN4CCC3CC4)cc2)cc1. The molecule has 1 unspecified atom stereocenters. The highest BCUT2D eigenvalue weighted by Gasteiger charge is 2.35. The molecule has 0 aromatic heterocycles. The molecular formula is C19H21NO3. The van der Waals surface area contributed by atoms with Gasteiger partial charge in [0.2, 0.25) is 0 Å². The van der Waals surface area contributed by atoms with E-state index in [0.717, 1.165) is 18.0 Å². The lowest BCUT2D eigenvalue weighted by molar-refractivity contribution is -0.00777. The molecule has 2 aromatic carbocycles. The second kappa shape index (κ2) is 6.13. The van der Waals surface area contributed by atoms with Gasteiger partial charge < -0.3 is 14.6 Å². The summed E-state index contributed by atoms with van der Waals surface area (Å²) in [6.07, 6.45) is 2.83. The highest BCUT2D eigenvalue weighted by Crippen LogP contribution is 2.31. The van der Waals surface area contributed by atoms with Crippen molar-refractivity contribution in [1.82, 2.24) is 4.90 Å². The number of benzene rings is 2. The average Bonchev–Trinajstić information content (AvgIpc) is 2.60. The van der Waals surface area contributed by atoms with Crippen molar-refractivity contribution < 1.29 is 14.6 Å². The fourth-order valence-electron chi connectivity index (χ4n) is 3.46. The Morgan fingerprint density at radius 3 is 1.96 bits per heavy atom. The van der Waals surface area contributed by atoms with Crippen molar-refractivity contribution in [2.75, 3.05) is 19.6 Å². The van der Waals surface area contributed by atoms with Crippen molar-refractivity contribution in [3.05, 3.63) is 48.5 Å².